The predicted molar refractivity (Wildman–Crippen MR) is 98.9 cm³/mol. The molecule has 0 aliphatic carbocycles. The molecule has 1 N–H and O–H groups in total. The first-order chi connectivity index (χ1) is 11.7. The lowest BCUT2D eigenvalue weighted by molar-refractivity contribution is -0.118. The van der Waals surface area contributed by atoms with Crippen LogP contribution in [0.5, 0.6) is 11.5 Å². The Hall–Kier alpha value is -2.14. The van der Waals surface area contributed by atoms with Gasteiger partial charge in [0, 0.05) is 12.3 Å². The van der Waals surface area contributed by atoms with Crippen LogP contribution in [-0.4, -0.2) is 32.4 Å². The van der Waals surface area contributed by atoms with E-state index in [2.05, 4.69) is 17.4 Å². The van der Waals surface area contributed by atoms with Crippen molar-refractivity contribution in [2.24, 2.45) is 0 Å². The molecule has 2 aromatic rings. The number of hydrogen-bond acceptors (Lipinski definition) is 4. The van der Waals surface area contributed by atoms with Gasteiger partial charge >= 0.3 is 0 Å². The zero-order valence-electron chi connectivity index (χ0n) is 14.1. The van der Waals surface area contributed by atoms with Crippen molar-refractivity contribution in [3.8, 4) is 11.5 Å². The van der Waals surface area contributed by atoms with Gasteiger partial charge in [0.25, 0.3) is 0 Å². The first-order valence-electron chi connectivity index (χ1n) is 7.82. The van der Waals surface area contributed by atoms with E-state index in [-0.39, 0.29) is 5.91 Å². The van der Waals surface area contributed by atoms with Gasteiger partial charge in [-0.1, -0.05) is 36.4 Å². The number of carbonyl (C=O) groups excluding carboxylic acids is 1. The summed E-state index contributed by atoms with van der Waals surface area (Å²) in [6.07, 6.45) is 0.759. The smallest absolute Gasteiger partial charge is 0.230 e. The van der Waals surface area contributed by atoms with E-state index in [4.69, 9.17) is 9.47 Å². The Morgan fingerprint density at radius 3 is 2.46 bits per heavy atom. The third-order valence-electron chi connectivity index (χ3n) is 3.53. The lowest BCUT2D eigenvalue weighted by Gasteiger charge is -2.10. The van der Waals surface area contributed by atoms with Gasteiger partial charge in [-0.25, -0.2) is 0 Å². The van der Waals surface area contributed by atoms with Crippen molar-refractivity contribution >= 4 is 17.7 Å². The van der Waals surface area contributed by atoms with Crippen LogP contribution in [0.2, 0.25) is 0 Å². The molecule has 0 spiro atoms. The lowest BCUT2D eigenvalue weighted by Crippen LogP contribution is -2.27. The van der Waals surface area contributed by atoms with Gasteiger partial charge < -0.3 is 14.8 Å². The summed E-state index contributed by atoms with van der Waals surface area (Å²) in [5.41, 5.74) is 2.34. The second-order valence-corrected chi connectivity index (χ2v) is 6.25. The normalized spacial score (nSPS) is 10.2. The highest BCUT2D eigenvalue weighted by Gasteiger charge is 2.06. The molecule has 0 aromatic heterocycles. The zero-order valence-corrected chi connectivity index (χ0v) is 14.9. The van der Waals surface area contributed by atoms with Crippen molar-refractivity contribution in [2.75, 3.05) is 26.5 Å². The van der Waals surface area contributed by atoms with Gasteiger partial charge in [-0.05, 0) is 29.7 Å². The van der Waals surface area contributed by atoms with Crippen molar-refractivity contribution in [3.05, 3.63) is 59.7 Å². The molecule has 0 aliphatic heterocycles. The maximum Gasteiger partial charge on any atom is 0.230 e. The summed E-state index contributed by atoms with van der Waals surface area (Å²) < 4.78 is 10.5. The van der Waals surface area contributed by atoms with E-state index < -0.39 is 0 Å². The number of methoxy groups -OCH3 is 2. The maximum absolute atomic E-state index is 11.9. The minimum absolute atomic E-state index is 0.0661. The summed E-state index contributed by atoms with van der Waals surface area (Å²) in [6, 6.07) is 16.0. The van der Waals surface area contributed by atoms with Crippen LogP contribution in [0.3, 0.4) is 0 Å². The number of ether oxygens (including phenoxy) is 2. The minimum Gasteiger partial charge on any atom is -0.493 e. The van der Waals surface area contributed by atoms with Crippen molar-refractivity contribution in [1.29, 1.82) is 0 Å². The highest BCUT2D eigenvalue weighted by Crippen LogP contribution is 2.27. The third-order valence-corrected chi connectivity index (χ3v) is 4.53. The van der Waals surface area contributed by atoms with Crippen LogP contribution in [0.4, 0.5) is 0 Å². The van der Waals surface area contributed by atoms with Gasteiger partial charge in [0.15, 0.2) is 11.5 Å². The van der Waals surface area contributed by atoms with Crippen molar-refractivity contribution < 1.29 is 14.3 Å². The Bertz CT molecular complexity index is 646. The zero-order chi connectivity index (χ0) is 17.2. The van der Waals surface area contributed by atoms with E-state index in [0.717, 1.165) is 17.7 Å². The topological polar surface area (TPSA) is 47.6 Å². The van der Waals surface area contributed by atoms with Gasteiger partial charge in [0.05, 0.1) is 20.0 Å². The van der Waals surface area contributed by atoms with Crippen LogP contribution in [0, 0.1) is 0 Å². The Morgan fingerprint density at radius 2 is 1.75 bits per heavy atom. The van der Waals surface area contributed by atoms with Crippen LogP contribution in [0.15, 0.2) is 48.5 Å². The van der Waals surface area contributed by atoms with E-state index in [1.54, 1.807) is 26.0 Å². The van der Waals surface area contributed by atoms with Gasteiger partial charge in [0.1, 0.15) is 0 Å². The van der Waals surface area contributed by atoms with Crippen LogP contribution in [0.1, 0.15) is 11.1 Å². The second-order valence-electron chi connectivity index (χ2n) is 5.27. The molecule has 4 nitrogen and oxygen atoms in total. The van der Waals surface area contributed by atoms with Crippen LogP contribution in [-0.2, 0) is 17.0 Å². The summed E-state index contributed by atoms with van der Waals surface area (Å²) in [7, 11) is 3.23. The number of rotatable bonds is 9. The number of carbonyl (C=O) groups is 1. The number of benzene rings is 2. The maximum atomic E-state index is 11.9. The summed E-state index contributed by atoms with van der Waals surface area (Å²) in [5.74, 6) is 2.81. The number of amides is 1. The molecule has 2 aromatic carbocycles. The highest BCUT2D eigenvalue weighted by atomic mass is 32.2. The van der Waals surface area contributed by atoms with Gasteiger partial charge in [-0.2, -0.15) is 0 Å². The molecule has 0 unspecified atom stereocenters. The van der Waals surface area contributed by atoms with E-state index in [1.165, 1.54) is 5.56 Å². The van der Waals surface area contributed by atoms with Crippen LogP contribution in [0.25, 0.3) is 0 Å². The molecule has 0 heterocycles. The Labute approximate surface area is 147 Å². The molecule has 0 bridgehead atoms. The number of nitrogens with one attached hydrogen (secondary N) is 1. The molecule has 1 amide bonds. The Kier molecular flexibility index (Phi) is 7.49. The molecule has 0 radical (unpaired) electrons. The fourth-order valence-corrected chi connectivity index (χ4v) is 3.09. The molecule has 0 fully saturated rings. The Morgan fingerprint density at radius 1 is 1.00 bits per heavy atom. The van der Waals surface area contributed by atoms with Gasteiger partial charge in [-0.15, -0.1) is 11.8 Å². The first kappa shape index (κ1) is 18.2. The molecular weight excluding hydrogens is 322 g/mol. The molecule has 0 aliphatic rings. The second kappa shape index (κ2) is 9.88. The average molecular weight is 345 g/mol. The number of thioether (sulfide) groups is 1. The molecule has 0 atom stereocenters. The van der Waals surface area contributed by atoms with E-state index in [1.807, 2.05) is 36.4 Å². The largest absolute Gasteiger partial charge is 0.493 e. The van der Waals surface area contributed by atoms with Crippen LogP contribution >= 0.6 is 11.8 Å². The number of hydrogen-bond donors (Lipinski definition) is 1. The van der Waals surface area contributed by atoms with Crippen molar-refractivity contribution in [3.63, 3.8) is 0 Å². The monoisotopic (exact) mass is 345 g/mol. The summed E-state index contributed by atoms with van der Waals surface area (Å²) >= 11 is 1.62. The molecule has 0 saturated carbocycles. The van der Waals surface area contributed by atoms with E-state index in [0.29, 0.717) is 23.8 Å². The summed E-state index contributed by atoms with van der Waals surface area (Å²) in [5, 5.41) is 2.95. The SMILES string of the molecule is COc1ccc(CCNC(=O)CSCc2ccccc2)cc1OC. The van der Waals surface area contributed by atoms with E-state index in [9.17, 15) is 4.79 Å². The standard InChI is InChI=1S/C19H23NO3S/c1-22-17-9-8-15(12-18(17)23-2)10-11-20-19(21)14-24-13-16-6-4-3-5-7-16/h3-9,12H,10-11,13-14H2,1-2H3,(H,20,21). The molecular formula is C19H23NO3S. The average Bonchev–Trinajstić information content (AvgIpc) is 2.62. The third kappa shape index (κ3) is 5.81. The molecule has 24 heavy (non-hydrogen) atoms. The fourth-order valence-electron chi connectivity index (χ4n) is 2.27. The van der Waals surface area contributed by atoms with E-state index >= 15 is 0 Å². The molecule has 5 heteroatoms. The molecule has 128 valence electrons. The molecule has 2 rings (SSSR count). The van der Waals surface area contributed by atoms with Gasteiger partial charge in [-0.3, -0.25) is 4.79 Å². The Balaban J connectivity index is 1.69. The first-order valence-corrected chi connectivity index (χ1v) is 8.97. The highest BCUT2D eigenvalue weighted by molar-refractivity contribution is 7.99. The predicted octanol–water partition coefficient (Wildman–Crippen LogP) is 3.30. The van der Waals surface area contributed by atoms with Crippen molar-refractivity contribution in [1.82, 2.24) is 5.32 Å². The minimum atomic E-state index is 0.0661. The lowest BCUT2D eigenvalue weighted by atomic mass is 10.1. The fraction of sp³-hybridized carbons (Fsp3) is 0.316. The molecule has 0 saturated heterocycles. The van der Waals surface area contributed by atoms with Gasteiger partial charge in [0.2, 0.25) is 5.91 Å². The summed E-state index contributed by atoms with van der Waals surface area (Å²) in [4.78, 5) is 11.9. The van der Waals surface area contributed by atoms with Crippen molar-refractivity contribution in [2.45, 2.75) is 12.2 Å². The quantitative estimate of drug-likeness (QED) is 0.757. The van der Waals surface area contributed by atoms with Crippen LogP contribution < -0.4 is 14.8 Å². The summed E-state index contributed by atoms with van der Waals surface area (Å²) in [6.45, 7) is 0.611.